The van der Waals surface area contributed by atoms with Crippen molar-refractivity contribution in [2.45, 2.75) is 88.8 Å². The molecule has 0 unspecified atom stereocenters. The van der Waals surface area contributed by atoms with Crippen molar-refractivity contribution in [2.24, 2.45) is 21.7 Å². The van der Waals surface area contributed by atoms with Gasteiger partial charge in [-0.2, -0.15) is 18.3 Å². The lowest BCUT2D eigenvalue weighted by molar-refractivity contribution is -0.203. The Bertz CT molecular complexity index is 990. The van der Waals surface area contributed by atoms with Gasteiger partial charge in [0.15, 0.2) is 5.82 Å². The lowest BCUT2D eigenvalue weighted by Crippen LogP contribution is -2.65. The number of nitrogens with zero attached hydrogens (tertiary/aromatic N) is 4. The van der Waals surface area contributed by atoms with Gasteiger partial charge in [-0.25, -0.2) is 9.67 Å². The van der Waals surface area contributed by atoms with E-state index in [9.17, 15) is 18.0 Å². The molecule has 2 bridgehead atoms. The van der Waals surface area contributed by atoms with Crippen molar-refractivity contribution in [3.63, 3.8) is 0 Å². The second-order valence-corrected chi connectivity index (χ2v) is 12.8. The number of ether oxygens (including phenoxy) is 1. The number of hydrogen-bond donors (Lipinski definition) is 0. The van der Waals surface area contributed by atoms with Crippen LogP contribution in [0.25, 0.3) is 0 Å². The molecule has 6 nitrogen and oxygen atoms in total. The maximum Gasteiger partial charge on any atom is 0.396 e. The molecular weight excluding hydrogens is 445 g/mol. The number of carbonyl (C=O) groups excluding carboxylic acids is 1. The van der Waals surface area contributed by atoms with Gasteiger partial charge in [0.1, 0.15) is 6.33 Å². The average molecular weight is 479 g/mol. The summed E-state index contributed by atoms with van der Waals surface area (Å²) in [6.07, 6.45) is 6.91. The van der Waals surface area contributed by atoms with E-state index in [1.54, 1.807) is 0 Å². The summed E-state index contributed by atoms with van der Waals surface area (Å²) in [5, 5.41) is 4.68. The van der Waals surface area contributed by atoms with Gasteiger partial charge in [-0.3, -0.25) is 4.79 Å². The van der Waals surface area contributed by atoms with Gasteiger partial charge in [0.2, 0.25) is 5.91 Å². The first-order valence-corrected chi connectivity index (χ1v) is 13.0. The Balaban J connectivity index is 0.909. The molecule has 5 saturated carbocycles. The summed E-state index contributed by atoms with van der Waals surface area (Å²) in [5.74, 6) is 1.85. The molecule has 6 aliphatic rings. The molecule has 186 valence electrons. The van der Waals surface area contributed by atoms with Crippen LogP contribution in [0.3, 0.4) is 0 Å². The van der Waals surface area contributed by atoms with Crippen molar-refractivity contribution in [2.75, 3.05) is 26.3 Å². The van der Waals surface area contributed by atoms with Crippen LogP contribution < -0.4 is 0 Å². The number of halogens is 3. The molecule has 7 rings (SSSR count). The molecule has 0 aromatic carbocycles. The first kappa shape index (κ1) is 21.6. The number of aromatic nitrogens is 3. The zero-order chi connectivity index (χ0) is 23.4. The predicted molar refractivity (Wildman–Crippen MR) is 116 cm³/mol. The summed E-state index contributed by atoms with van der Waals surface area (Å²) in [6.45, 7) is 1.83. The molecule has 1 aliphatic heterocycles. The van der Waals surface area contributed by atoms with E-state index in [-0.39, 0.29) is 41.6 Å². The molecular formula is C25H33F3N4O2. The van der Waals surface area contributed by atoms with Gasteiger partial charge in [0.05, 0.1) is 30.1 Å². The second kappa shape index (κ2) is 6.77. The highest BCUT2D eigenvalue weighted by molar-refractivity contribution is 5.84. The van der Waals surface area contributed by atoms with Crippen LogP contribution >= 0.6 is 0 Å². The molecule has 1 aromatic rings. The topological polar surface area (TPSA) is 60.2 Å². The van der Waals surface area contributed by atoms with Crippen LogP contribution in [-0.2, 0) is 9.53 Å². The van der Waals surface area contributed by atoms with Crippen LogP contribution in [0, 0.1) is 21.7 Å². The van der Waals surface area contributed by atoms with Crippen LogP contribution in [0.5, 0.6) is 0 Å². The fourth-order valence-corrected chi connectivity index (χ4v) is 7.56. The van der Waals surface area contributed by atoms with Crippen molar-refractivity contribution in [1.29, 1.82) is 0 Å². The zero-order valence-electron chi connectivity index (χ0n) is 19.6. The molecule has 1 aromatic heterocycles. The van der Waals surface area contributed by atoms with Gasteiger partial charge in [0.25, 0.3) is 0 Å². The van der Waals surface area contributed by atoms with Crippen LogP contribution in [0.1, 0.15) is 88.4 Å². The molecule has 1 amide bonds. The van der Waals surface area contributed by atoms with Crippen molar-refractivity contribution < 1.29 is 22.7 Å². The predicted octanol–water partition coefficient (Wildman–Crippen LogP) is 4.63. The summed E-state index contributed by atoms with van der Waals surface area (Å²) in [6, 6.07) is 0.407. The maximum atomic E-state index is 13.5. The third kappa shape index (κ3) is 3.21. The van der Waals surface area contributed by atoms with Crippen LogP contribution in [0.2, 0.25) is 0 Å². The Kier molecular flexibility index (Phi) is 4.30. The molecule has 6 fully saturated rings. The SMILES string of the molecule is O=C(N1CC2(CC(n3cnc(C4CC4)n3)C2)C1)C12CCC(COCC3(C(F)(F)F)CC3)(CC1)C2. The standard InChI is InChI=1S/C25H33F3N4O2/c26-25(27,28)24(7-8-24)15-34-14-21-3-5-23(11-21,6-4-21)20(33)31-12-22(13-31)9-18(10-22)32-16-29-19(30-32)17-1-2-17/h16-18H,1-15H2. The number of rotatable bonds is 7. The average Bonchev–Trinajstić information content (AvgIpc) is 3.62. The van der Waals surface area contributed by atoms with Gasteiger partial charge in [-0.15, -0.1) is 0 Å². The highest BCUT2D eigenvalue weighted by Gasteiger charge is 2.65. The lowest BCUT2D eigenvalue weighted by atomic mass is 9.60. The van der Waals surface area contributed by atoms with Gasteiger partial charge < -0.3 is 9.64 Å². The molecule has 5 aliphatic carbocycles. The zero-order valence-corrected chi connectivity index (χ0v) is 19.6. The van der Waals surface area contributed by atoms with E-state index < -0.39 is 11.6 Å². The first-order chi connectivity index (χ1) is 16.1. The van der Waals surface area contributed by atoms with Gasteiger partial charge in [-0.05, 0) is 76.0 Å². The minimum Gasteiger partial charge on any atom is -0.380 e. The van der Waals surface area contributed by atoms with Crippen LogP contribution in [0.4, 0.5) is 13.2 Å². The highest BCUT2D eigenvalue weighted by atomic mass is 19.4. The monoisotopic (exact) mass is 478 g/mol. The fraction of sp³-hybridized carbons (Fsp3) is 0.880. The van der Waals surface area contributed by atoms with Gasteiger partial charge in [0, 0.05) is 24.4 Å². The lowest BCUT2D eigenvalue weighted by Gasteiger charge is -2.59. The van der Waals surface area contributed by atoms with Crippen LogP contribution in [-0.4, -0.2) is 58.1 Å². The minimum absolute atomic E-state index is 0.103. The van der Waals surface area contributed by atoms with Gasteiger partial charge in [-0.1, -0.05) is 0 Å². The molecule has 0 atom stereocenters. The molecule has 9 heteroatoms. The van der Waals surface area contributed by atoms with Crippen molar-refractivity contribution in [3.05, 3.63) is 12.2 Å². The second-order valence-electron chi connectivity index (χ2n) is 12.8. The molecule has 0 radical (unpaired) electrons. The number of amides is 1. The third-order valence-corrected chi connectivity index (χ3v) is 10.2. The Hall–Kier alpha value is -1.64. The Morgan fingerprint density at radius 2 is 1.76 bits per heavy atom. The number of fused-ring (bicyclic) bond motifs is 2. The fourth-order valence-electron chi connectivity index (χ4n) is 7.56. The highest BCUT2D eigenvalue weighted by Crippen LogP contribution is 2.64. The molecule has 2 heterocycles. The molecule has 1 saturated heterocycles. The summed E-state index contributed by atoms with van der Waals surface area (Å²) >= 11 is 0. The molecule has 0 N–H and O–H groups in total. The minimum atomic E-state index is -4.17. The summed E-state index contributed by atoms with van der Waals surface area (Å²) in [4.78, 5) is 20.0. The van der Waals surface area contributed by atoms with Crippen molar-refractivity contribution in [3.8, 4) is 0 Å². The maximum absolute atomic E-state index is 13.5. The van der Waals surface area contributed by atoms with E-state index >= 15 is 0 Å². The van der Waals surface area contributed by atoms with Crippen molar-refractivity contribution in [1.82, 2.24) is 19.7 Å². The van der Waals surface area contributed by atoms with E-state index in [1.807, 2.05) is 11.0 Å². The summed E-state index contributed by atoms with van der Waals surface area (Å²) < 4.78 is 47.3. The van der Waals surface area contributed by atoms with E-state index in [0.717, 1.165) is 63.9 Å². The van der Waals surface area contributed by atoms with E-state index in [2.05, 4.69) is 15.0 Å². The van der Waals surface area contributed by atoms with E-state index in [4.69, 9.17) is 4.74 Å². The summed E-state index contributed by atoms with van der Waals surface area (Å²) in [5.41, 5.74) is -1.77. The molecule has 1 spiro atoms. The largest absolute Gasteiger partial charge is 0.396 e. The third-order valence-electron chi connectivity index (χ3n) is 10.2. The number of hydrogen-bond acceptors (Lipinski definition) is 4. The van der Waals surface area contributed by atoms with Crippen molar-refractivity contribution >= 4 is 5.91 Å². The van der Waals surface area contributed by atoms with E-state index in [0.29, 0.717) is 18.6 Å². The quantitative estimate of drug-likeness (QED) is 0.574. The van der Waals surface area contributed by atoms with Crippen LogP contribution in [0.15, 0.2) is 6.33 Å². The van der Waals surface area contributed by atoms with E-state index in [1.165, 1.54) is 12.8 Å². The van der Waals surface area contributed by atoms with Gasteiger partial charge >= 0.3 is 6.18 Å². The number of carbonyl (C=O) groups is 1. The molecule has 34 heavy (non-hydrogen) atoms. The smallest absolute Gasteiger partial charge is 0.380 e. The Morgan fingerprint density at radius 3 is 2.38 bits per heavy atom. The summed E-state index contributed by atoms with van der Waals surface area (Å²) in [7, 11) is 0. The number of alkyl halides is 3. The first-order valence-electron chi connectivity index (χ1n) is 13.0. The number of likely N-dealkylation sites (tertiary alicyclic amines) is 1. The normalized spacial score (nSPS) is 35.4. The Labute approximate surface area is 197 Å². The Morgan fingerprint density at radius 1 is 1.06 bits per heavy atom.